The summed E-state index contributed by atoms with van der Waals surface area (Å²) in [6.45, 7) is 2.32. The predicted molar refractivity (Wildman–Crippen MR) is 106 cm³/mol. The number of nitrogens with zero attached hydrogens (tertiary/aromatic N) is 4. The third kappa shape index (κ3) is 4.71. The van der Waals surface area contributed by atoms with Gasteiger partial charge in [0, 0.05) is 38.8 Å². The SMILES string of the molecule is O=C(CCc1nc2ccccc2o1)OCC(=O)N1CCN(c2ccccn2)CC1. The van der Waals surface area contributed by atoms with Crippen molar-refractivity contribution in [1.29, 1.82) is 0 Å². The molecular formula is C21H22N4O4. The Morgan fingerprint density at radius 3 is 2.59 bits per heavy atom. The number of aryl methyl sites for hydroxylation is 1. The minimum absolute atomic E-state index is 0.119. The maximum Gasteiger partial charge on any atom is 0.306 e. The molecule has 3 aromatic rings. The third-order valence-electron chi connectivity index (χ3n) is 4.84. The van der Waals surface area contributed by atoms with Crippen molar-refractivity contribution in [2.45, 2.75) is 12.8 Å². The van der Waals surface area contributed by atoms with E-state index in [1.54, 1.807) is 11.1 Å². The summed E-state index contributed by atoms with van der Waals surface area (Å²) in [7, 11) is 0. The lowest BCUT2D eigenvalue weighted by Crippen LogP contribution is -2.50. The van der Waals surface area contributed by atoms with Gasteiger partial charge in [-0.05, 0) is 24.3 Å². The van der Waals surface area contributed by atoms with Gasteiger partial charge in [-0.3, -0.25) is 9.59 Å². The molecule has 0 radical (unpaired) electrons. The quantitative estimate of drug-likeness (QED) is 0.591. The van der Waals surface area contributed by atoms with E-state index in [-0.39, 0.29) is 18.9 Å². The first-order valence-corrected chi connectivity index (χ1v) is 9.63. The maximum atomic E-state index is 12.3. The van der Waals surface area contributed by atoms with Gasteiger partial charge in [0.15, 0.2) is 18.1 Å². The van der Waals surface area contributed by atoms with E-state index in [4.69, 9.17) is 9.15 Å². The lowest BCUT2D eigenvalue weighted by Gasteiger charge is -2.35. The molecule has 4 rings (SSSR count). The van der Waals surface area contributed by atoms with Gasteiger partial charge in [-0.1, -0.05) is 18.2 Å². The third-order valence-corrected chi connectivity index (χ3v) is 4.84. The summed E-state index contributed by atoms with van der Waals surface area (Å²) in [5, 5.41) is 0. The van der Waals surface area contributed by atoms with Gasteiger partial charge in [-0.25, -0.2) is 9.97 Å². The number of carbonyl (C=O) groups excluding carboxylic acids is 2. The second-order valence-electron chi connectivity index (χ2n) is 6.79. The fourth-order valence-electron chi connectivity index (χ4n) is 3.27. The summed E-state index contributed by atoms with van der Waals surface area (Å²) in [6.07, 6.45) is 2.21. The summed E-state index contributed by atoms with van der Waals surface area (Å²) in [5.74, 6) is 0.777. The van der Waals surface area contributed by atoms with Crippen LogP contribution in [-0.4, -0.2) is 59.5 Å². The second-order valence-corrected chi connectivity index (χ2v) is 6.79. The van der Waals surface area contributed by atoms with Crippen molar-refractivity contribution in [3.63, 3.8) is 0 Å². The van der Waals surface area contributed by atoms with Crippen LogP contribution in [0.3, 0.4) is 0 Å². The molecule has 3 heterocycles. The average molecular weight is 394 g/mol. The Kier molecular flexibility index (Phi) is 5.69. The highest BCUT2D eigenvalue weighted by Gasteiger charge is 2.22. The molecule has 0 N–H and O–H groups in total. The van der Waals surface area contributed by atoms with Crippen molar-refractivity contribution >= 4 is 28.8 Å². The molecule has 0 atom stereocenters. The molecule has 0 unspecified atom stereocenters. The number of benzene rings is 1. The second kappa shape index (κ2) is 8.72. The Morgan fingerprint density at radius 1 is 1.03 bits per heavy atom. The first kappa shape index (κ1) is 18.9. The van der Waals surface area contributed by atoms with E-state index in [0.717, 1.165) is 11.3 Å². The van der Waals surface area contributed by atoms with Gasteiger partial charge in [0.1, 0.15) is 11.3 Å². The number of esters is 1. The highest BCUT2D eigenvalue weighted by molar-refractivity contribution is 5.81. The monoisotopic (exact) mass is 394 g/mol. The van der Waals surface area contributed by atoms with E-state index >= 15 is 0 Å². The topological polar surface area (TPSA) is 88.8 Å². The van der Waals surface area contributed by atoms with Crippen LogP contribution in [0.5, 0.6) is 0 Å². The fourth-order valence-corrected chi connectivity index (χ4v) is 3.27. The smallest absolute Gasteiger partial charge is 0.306 e. The summed E-state index contributed by atoms with van der Waals surface area (Å²) < 4.78 is 10.7. The molecule has 0 aliphatic carbocycles. The van der Waals surface area contributed by atoms with E-state index in [1.165, 1.54) is 0 Å². The number of fused-ring (bicyclic) bond motifs is 1. The number of carbonyl (C=O) groups is 2. The molecule has 29 heavy (non-hydrogen) atoms. The van der Waals surface area contributed by atoms with Crippen LogP contribution in [0.1, 0.15) is 12.3 Å². The molecule has 2 aromatic heterocycles. The lowest BCUT2D eigenvalue weighted by molar-refractivity contribution is -0.152. The molecule has 1 saturated heterocycles. The van der Waals surface area contributed by atoms with Crippen molar-refractivity contribution < 1.29 is 18.7 Å². The number of oxazole rings is 1. The van der Waals surface area contributed by atoms with Crippen molar-refractivity contribution in [1.82, 2.24) is 14.9 Å². The highest BCUT2D eigenvalue weighted by Crippen LogP contribution is 2.16. The largest absolute Gasteiger partial charge is 0.456 e. The van der Waals surface area contributed by atoms with Gasteiger partial charge < -0.3 is 19.0 Å². The van der Waals surface area contributed by atoms with Gasteiger partial charge >= 0.3 is 5.97 Å². The van der Waals surface area contributed by atoms with Crippen molar-refractivity contribution in [3.05, 3.63) is 54.6 Å². The van der Waals surface area contributed by atoms with E-state index in [9.17, 15) is 9.59 Å². The van der Waals surface area contributed by atoms with Crippen LogP contribution in [0.4, 0.5) is 5.82 Å². The first-order chi connectivity index (χ1) is 14.2. The van der Waals surface area contributed by atoms with E-state index in [1.807, 2.05) is 42.5 Å². The minimum atomic E-state index is -0.437. The zero-order valence-electron chi connectivity index (χ0n) is 16.0. The number of hydrogen-bond donors (Lipinski definition) is 0. The van der Waals surface area contributed by atoms with Crippen LogP contribution >= 0.6 is 0 Å². The lowest BCUT2D eigenvalue weighted by atomic mass is 10.3. The highest BCUT2D eigenvalue weighted by atomic mass is 16.5. The van der Waals surface area contributed by atoms with Crippen LogP contribution < -0.4 is 4.90 Å². The number of rotatable bonds is 6. The fraction of sp³-hybridized carbons (Fsp3) is 0.333. The van der Waals surface area contributed by atoms with Crippen LogP contribution in [0.25, 0.3) is 11.1 Å². The average Bonchev–Trinajstić information content (AvgIpc) is 3.20. The number of anilines is 1. The molecule has 1 aliphatic heterocycles. The maximum absolute atomic E-state index is 12.3. The number of amides is 1. The molecule has 0 spiro atoms. The van der Waals surface area contributed by atoms with Crippen LogP contribution in [0.15, 0.2) is 53.1 Å². The number of para-hydroxylation sites is 2. The van der Waals surface area contributed by atoms with Crippen molar-refractivity contribution in [3.8, 4) is 0 Å². The summed E-state index contributed by atoms with van der Waals surface area (Å²) in [5.41, 5.74) is 1.45. The number of pyridine rings is 1. The number of hydrogen-bond acceptors (Lipinski definition) is 7. The standard InChI is InChI=1S/C21H22N4O4/c26-20(25-13-11-24(12-14-25)18-7-3-4-10-22-18)15-28-21(27)9-8-19-23-16-5-1-2-6-17(16)29-19/h1-7,10H,8-9,11-15H2. The Hall–Kier alpha value is -3.42. The van der Waals surface area contributed by atoms with E-state index in [2.05, 4.69) is 14.9 Å². The number of piperazine rings is 1. The first-order valence-electron chi connectivity index (χ1n) is 9.63. The number of aromatic nitrogens is 2. The Balaban J connectivity index is 1.19. The normalized spacial score (nSPS) is 14.2. The van der Waals surface area contributed by atoms with Gasteiger partial charge in [-0.15, -0.1) is 0 Å². The zero-order chi connectivity index (χ0) is 20.1. The van der Waals surface area contributed by atoms with Crippen LogP contribution in [-0.2, 0) is 20.7 Å². The molecule has 0 bridgehead atoms. The molecule has 0 saturated carbocycles. The Morgan fingerprint density at radius 2 is 1.83 bits per heavy atom. The Labute approximate surface area is 168 Å². The minimum Gasteiger partial charge on any atom is -0.456 e. The molecule has 8 heteroatoms. The van der Waals surface area contributed by atoms with Gasteiger partial charge in [0.2, 0.25) is 0 Å². The molecule has 1 aromatic carbocycles. The molecule has 150 valence electrons. The van der Waals surface area contributed by atoms with Gasteiger partial charge in [0.05, 0.1) is 6.42 Å². The number of ether oxygens (including phenoxy) is 1. The van der Waals surface area contributed by atoms with Crippen molar-refractivity contribution in [2.24, 2.45) is 0 Å². The predicted octanol–water partition coefficient (Wildman–Crippen LogP) is 2.05. The summed E-state index contributed by atoms with van der Waals surface area (Å²) >= 11 is 0. The molecule has 1 aliphatic rings. The molecule has 1 fully saturated rings. The van der Waals surface area contributed by atoms with Crippen LogP contribution in [0, 0.1) is 0 Å². The molecule has 8 nitrogen and oxygen atoms in total. The summed E-state index contributed by atoms with van der Waals surface area (Å²) in [6, 6.07) is 13.2. The van der Waals surface area contributed by atoms with Crippen molar-refractivity contribution in [2.75, 3.05) is 37.7 Å². The van der Waals surface area contributed by atoms with E-state index in [0.29, 0.717) is 44.1 Å². The van der Waals surface area contributed by atoms with Gasteiger partial charge in [-0.2, -0.15) is 0 Å². The summed E-state index contributed by atoms with van der Waals surface area (Å²) in [4.78, 5) is 36.8. The molecular weight excluding hydrogens is 372 g/mol. The van der Waals surface area contributed by atoms with Crippen LogP contribution in [0.2, 0.25) is 0 Å². The van der Waals surface area contributed by atoms with E-state index < -0.39 is 5.97 Å². The Bertz CT molecular complexity index is 948. The zero-order valence-corrected chi connectivity index (χ0v) is 16.0. The van der Waals surface area contributed by atoms with Gasteiger partial charge in [0.25, 0.3) is 5.91 Å². The molecule has 1 amide bonds.